The van der Waals surface area contributed by atoms with Crippen molar-refractivity contribution in [2.45, 2.75) is 13.8 Å². The van der Waals surface area contributed by atoms with Gasteiger partial charge in [0, 0.05) is 32.7 Å². The molecule has 0 fully saturated rings. The van der Waals surface area contributed by atoms with Gasteiger partial charge in [0.05, 0.1) is 1.37 Å². The normalized spacial score (nSPS) is 8.00. The first-order valence-corrected chi connectivity index (χ1v) is 1.70. The van der Waals surface area contributed by atoms with Gasteiger partial charge < -0.3 is 10.9 Å². The molecule has 0 unspecified atom stereocenters. The van der Waals surface area contributed by atoms with E-state index in [2.05, 4.69) is 6.08 Å². The fourth-order valence-electron chi connectivity index (χ4n) is 0.102. The van der Waals surface area contributed by atoms with Crippen LogP contribution in [0.5, 0.6) is 0 Å². The first kappa shape index (κ1) is 7.51. The van der Waals surface area contributed by atoms with Gasteiger partial charge in [0.15, 0.2) is 0 Å². The summed E-state index contributed by atoms with van der Waals surface area (Å²) < 4.78 is 6.34. The maximum Gasteiger partial charge on any atom is 0.0662 e. The number of rotatable bonds is 1. The molecule has 0 bridgehead atoms. The number of carbonyl (C=O) groups excluding carboxylic acids is 1. The molecule has 0 saturated carbocycles. The van der Waals surface area contributed by atoms with Gasteiger partial charge in [0.2, 0.25) is 0 Å². The second kappa shape index (κ2) is 6.51. The molecule has 0 N–H and O–H groups in total. The average Bonchev–Trinajstić information content (AvgIpc) is 1.27. The molecule has 0 atom stereocenters. The van der Waals surface area contributed by atoms with Crippen LogP contribution in [-0.2, 0) is 37.5 Å². The summed E-state index contributed by atoms with van der Waals surface area (Å²) in [6.45, 7) is 3.46. The largest absolute Gasteiger partial charge is 0.432 e. The van der Waals surface area contributed by atoms with E-state index in [1.54, 1.807) is 13.8 Å². The van der Waals surface area contributed by atoms with E-state index in [1.807, 2.05) is 0 Å². The standard InChI is InChI=1S/C5H7O.Y/c1-5(2)3-4-6;/h4H,1-2H3;/q-1;/i4D;. The molecule has 0 aromatic rings. The van der Waals surface area contributed by atoms with Crippen molar-refractivity contribution in [3.8, 4) is 0 Å². The Labute approximate surface area is 70.5 Å². The van der Waals surface area contributed by atoms with E-state index >= 15 is 0 Å². The predicted octanol–water partition coefficient (Wildman–Crippen LogP) is 0.952. The molecule has 7 heavy (non-hydrogen) atoms. The summed E-state index contributed by atoms with van der Waals surface area (Å²) in [6, 6.07) is 0. The van der Waals surface area contributed by atoms with Crippen LogP contribution in [0.2, 0.25) is 0 Å². The molecular weight excluding hydrogens is 165 g/mol. The SMILES string of the molecule is [2H]C(=O)[C-]=C(C)C.[Y]. The molecule has 37 valence electrons. The summed E-state index contributed by atoms with van der Waals surface area (Å²) in [4.78, 5) is 9.79. The molecule has 0 saturated heterocycles. The van der Waals surface area contributed by atoms with Gasteiger partial charge in [-0.1, -0.05) is 13.8 Å². The Morgan fingerprint density at radius 1 is 1.86 bits per heavy atom. The van der Waals surface area contributed by atoms with Crippen LogP contribution in [-0.4, -0.2) is 6.26 Å². The van der Waals surface area contributed by atoms with Crippen molar-refractivity contribution >= 4 is 6.26 Å². The van der Waals surface area contributed by atoms with Gasteiger partial charge in [-0.2, -0.15) is 0 Å². The number of aldehydes is 1. The molecule has 0 aromatic carbocycles. The monoisotopic (exact) mass is 173 g/mol. The molecule has 0 aliphatic carbocycles. The zero-order valence-corrected chi connectivity index (χ0v) is 7.32. The van der Waals surface area contributed by atoms with Crippen LogP contribution in [0.1, 0.15) is 15.2 Å². The minimum atomic E-state index is -0.750. The first-order chi connectivity index (χ1) is 3.13. The van der Waals surface area contributed by atoms with Gasteiger partial charge in [0.25, 0.3) is 0 Å². The van der Waals surface area contributed by atoms with Gasteiger partial charge in [-0.15, -0.1) is 0 Å². The summed E-state index contributed by atoms with van der Waals surface area (Å²) in [5.74, 6) is 0. The summed E-state index contributed by atoms with van der Waals surface area (Å²) in [5, 5.41) is 0. The summed E-state index contributed by atoms with van der Waals surface area (Å²) >= 11 is 0. The Morgan fingerprint density at radius 2 is 2.29 bits per heavy atom. The summed E-state index contributed by atoms with van der Waals surface area (Å²) in [6.07, 6.45) is 1.50. The molecule has 2 heteroatoms. The minimum absolute atomic E-state index is 0. The quantitative estimate of drug-likeness (QED) is 0.327. The van der Waals surface area contributed by atoms with E-state index < -0.39 is 6.26 Å². The number of hydrogen-bond acceptors (Lipinski definition) is 1. The smallest absolute Gasteiger partial charge is 0.0662 e. The predicted molar refractivity (Wildman–Crippen MR) is 24.2 cm³/mol. The second-order valence-corrected chi connectivity index (χ2v) is 1.23. The van der Waals surface area contributed by atoms with Crippen LogP contribution >= 0.6 is 0 Å². The van der Waals surface area contributed by atoms with Crippen LogP contribution in [0.25, 0.3) is 0 Å². The number of carbonyl (C=O) groups is 1. The fourth-order valence-corrected chi connectivity index (χ4v) is 0.102. The summed E-state index contributed by atoms with van der Waals surface area (Å²) in [5.41, 5.74) is 0.750. The molecule has 0 aliphatic rings. The van der Waals surface area contributed by atoms with Gasteiger partial charge >= 0.3 is 0 Å². The Balaban J connectivity index is 0. The van der Waals surface area contributed by atoms with Gasteiger partial charge in [0.1, 0.15) is 0 Å². The third-order valence-corrected chi connectivity index (χ3v) is 0.301. The van der Waals surface area contributed by atoms with E-state index in [0.29, 0.717) is 0 Å². The first-order valence-electron chi connectivity index (χ1n) is 2.20. The zero-order valence-electron chi connectivity index (χ0n) is 5.49. The van der Waals surface area contributed by atoms with E-state index in [4.69, 9.17) is 1.37 Å². The molecule has 0 aromatic heterocycles. The third-order valence-electron chi connectivity index (χ3n) is 0.301. The topological polar surface area (TPSA) is 17.1 Å². The molecule has 0 heterocycles. The van der Waals surface area contributed by atoms with E-state index in [1.165, 1.54) is 0 Å². The number of allylic oxidation sites excluding steroid dienone is 2. The van der Waals surface area contributed by atoms with Gasteiger partial charge in [-0.25, -0.2) is 0 Å². The van der Waals surface area contributed by atoms with Crippen molar-refractivity contribution in [1.29, 1.82) is 0 Å². The van der Waals surface area contributed by atoms with Crippen molar-refractivity contribution in [3.63, 3.8) is 0 Å². The molecule has 1 radical (unpaired) electrons. The Kier molecular flexibility index (Phi) is 6.99. The van der Waals surface area contributed by atoms with Crippen molar-refractivity contribution in [3.05, 3.63) is 11.6 Å². The van der Waals surface area contributed by atoms with Crippen LogP contribution in [0.4, 0.5) is 0 Å². The van der Waals surface area contributed by atoms with Crippen molar-refractivity contribution in [1.82, 2.24) is 0 Å². The maximum atomic E-state index is 9.79. The second-order valence-electron chi connectivity index (χ2n) is 1.23. The molecule has 0 aliphatic heterocycles. The molecule has 0 spiro atoms. The average molecular weight is 173 g/mol. The van der Waals surface area contributed by atoms with Crippen LogP contribution in [0.3, 0.4) is 0 Å². The van der Waals surface area contributed by atoms with Crippen LogP contribution in [0.15, 0.2) is 5.57 Å². The minimum Gasteiger partial charge on any atom is -0.432 e. The van der Waals surface area contributed by atoms with Crippen molar-refractivity contribution in [2.75, 3.05) is 0 Å². The van der Waals surface area contributed by atoms with E-state index in [0.717, 1.165) is 5.57 Å². The molecule has 0 rings (SSSR count). The molecule has 1 nitrogen and oxygen atoms in total. The van der Waals surface area contributed by atoms with Gasteiger partial charge in [-0.3, -0.25) is 5.57 Å². The van der Waals surface area contributed by atoms with Crippen LogP contribution < -0.4 is 0 Å². The molecular formula is C5H7OY-. The molecule has 0 amide bonds. The Bertz CT molecular complexity index is 105. The summed E-state index contributed by atoms with van der Waals surface area (Å²) in [7, 11) is 0. The van der Waals surface area contributed by atoms with Crippen molar-refractivity contribution in [2.24, 2.45) is 0 Å². The van der Waals surface area contributed by atoms with E-state index in [9.17, 15) is 4.79 Å². The Hall–Kier alpha value is 0.514. The zero-order chi connectivity index (χ0) is 5.86. The number of hydrogen-bond donors (Lipinski definition) is 0. The fraction of sp³-hybridized carbons (Fsp3) is 0.400. The van der Waals surface area contributed by atoms with Crippen molar-refractivity contribution < 1.29 is 38.9 Å². The van der Waals surface area contributed by atoms with E-state index in [-0.39, 0.29) is 32.7 Å². The van der Waals surface area contributed by atoms with Crippen LogP contribution in [0, 0.1) is 6.08 Å². The Morgan fingerprint density at radius 3 is 2.29 bits per heavy atom. The van der Waals surface area contributed by atoms with Gasteiger partial charge in [-0.05, 0) is 6.26 Å². The third kappa shape index (κ3) is 10.7. The maximum absolute atomic E-state index is 9.79.